The molecule has 3 nitrogen and oxygen atoms in total. The smallest absolute Gasteiger partial charge is 0.185 e. The zero-order valence-electron chi connectivity index (χ0n) is 12.6. The van der Waals surface area contributed by atoms with Crippen molar-refractivity contribution in [2.45, 2.75) is 0 Å². The minimum absolute atomic E-state index is 0.262. The van der Waals surface area contributed by atoms with E-state index in [9.17, 15) is 13.6 Å². The van der Waals surface area contributed by atoms with Gasteiger partial charge in [0.15, 0.2) is 17.4 Å². The molecule has 0 aliphatic rings. The van der Waals surface area contributed by atoms with E-state index in [1.54, 1.807) is 18.2 Å². The normalized spacial score (nSPS) is 11.2. The van der Waals surface area contributed by atoms with Crippen LogP contribution in [0.15, 0.2) is 48.5 Å². The Morgan fingerprint density at radius 1 is 1.00 bits per heavy atom. The molecule has 1 heterocycles. The number of aromatic nitrogens is 2. The molecule has 2 aromatic carbocycles. The van der Waals surface area contributed by atoms with Crippen molar-refractivity contribution in [2.24, 2.45) is 0 Å². The van der Waals surface area contributed by atoms with E-state index in [4.69, 9.17) is 23.2 Å². The molecule has 0 spiro atoms. The fourth-order valence-corrected chi connectivity index (χ4v) is 2.43. The van der Waals surface area contributed by atoms with Gasteiger partial charge in [-0.1, -0.05) is 23.2 Å². The number of carbonyl (C=O) groups excluding carboxylic acids is 1. The average Bonchev–Trinajstić information content (AvgIpc) is 3.06. The zero-order valence-corrected chi connectivity index (χ0v) is 14.1. The molecule has 0 aliphatic heterocycles. The largest absolute Gasteiger partial charge is 0.289 e. The molecule has 0 saturated heterocycles. The number of aromatic amines is 1. The van der Waals surface area contributed by atoms with E-state index in [2.05, 4.69) is 10.2 Å². The van der Waals surface area contributed by atoms with Crippen LogP contribution in [0.25, 0.3) is 17.3 Å². The number of H-pyrrole nitrogens is 1. The Morgan fingerprint density at radius 2 is 1.80 bits per heavy atom. The number of rotatable bonds is 4. The lowest BCUT2D eigenvalue weighted by Gasteiger charge is -1.98. The highest BCUT2D eigenvalue weighted by Gasteiger charge is 2.08. The van der Waals surface area contributed by atoms with Gasteiger partial charge in [0.25, 0.3) is 0 Å². The number of carbonyl (C=O) groups is 1. The SMILES string of the molecule is O=C(/C=C/c1cc(-c2ccc(F)c(F)c2)n[nH]1)c1ccc(Cl)c(Cl)c1. The molecule has 126 valence electrons. The number of hydrogen-bond donors (Lipinski definition) is 1. The fourth-order valence-electron chi connectivity index (χ4n) is 2.14. The first kappa shape index (κ1) is 17.3. The van der Waals surface area contributed by atoms with Crippen LogP contribution in [0.2, 0.25) is 10.0 Å². The number of hydrogen-bond acceptors (Lipinski definition) is 2. The third-order valence-electron chi connectivity index (χ3n) is 3.43. The second-order valence-electron chi connectivity index (χ2n) is 5.16. The maximum atomic E-state index is 13.3. The predicted molar refractivity (Wildman–Crippen MR) is 93.8 cm³/mol. The number of benzene rings is 2. The quantitative estimate of drug-likeness (QED) is 0.477. The second kappa shape index (κ2) is 7.17. The zero-order chi connectivity index (χ0) is 18.0. The van der Waals surface area contributed by atoms with Crippen LogP contribution in [-0.2, 0) is 0 Å². The number of nitrogens with one attached hydrogen (secondary N) is 1. The molecular formula is C18H10Cl2F2N2O. The minimum atomic E-state index is -0.951. The van der Waals surface area contributed by atoms with Crippen molar-refractivity contribution in [1.29, 1.82) is 0 Å². The number of halogens is 4. The maximum absolute atomic E-state index is 13.3. The summed E-state index contributed by atoms with van der Waals surface area (Å²) in [6, 6.07) is 9.72. The van der Waals surface area contributed by atoms with Gasteiger partial charge >= 0.3 is 0 Å². The summed E-state index contributed by atoms with van der Waals surface area (Å²) in [6.07, 6.45) is 2.88. The van der Waals surface area contributed by atoms with Gasteiger partial charge in [-0.3, -0.25) is 9.89 Å². The molecule has 0 amide bonds. The van der Waals surface area contributed by atoms with E-state index in [0.717, 1.165) is 12.1 Å². The van der Waals surface area contributed by atoms with Crippen molar-refractivity contribution >= 4 is 35.1 Å². The molecule has 0 radical (unpaired) electrons. The third-order valence-corrected chi connectivity index (χ3v) is 4.17. The summed E-state index contributed by atoms with van der Waals surface area (Å²) in [7, 11) is 0. The summed E-state index contributed by atoms with van der Waals surface area (Å²) < 4.78 is 26.3. The lowest BCUT2D eigenvalue weighted by molar-refractivity contribution is 0.104. The lowest BCUT2D eigenvalue weighted by Crippen LogP contribution is -1.93. The first-order valence-electron chi connectivity index (χ1n) is 7.12. The summed E-state index contributed by atoms with van der Waals surface area (Å²) in [5, 5.41) is 7.39. The molecule has 0 unspecified atom stereocenters. The minimum Gasteiger partial charge on any atom is -0.289 e. The van der Waals surface area contributed by atoms with Crippen LogP contribution >= 0.6 is 23.2 Å². The Morgan fingerprint density at radius 3 is 2.52 bits per heavy atom. The van der Waals surface area contributed by atoms with Crippen molar-refractivity contribution in [3.63, 3.8) is 0 Å². The highest BCUT2D eigenvalue weighted by molar-refractivity contribution is 6.42. The summed E-state index contributed by atoms with van der Waals surface area (Å²) in [4.78, 5) is 12.1. The number of ketones is 1. The summed E-state index contributed by atoms with van der Waals surface area (Å²) in [5.41, 5.74) is 1.78. The summed E-state index contributed by atoms with van der Waals surface area (Å²) in [5.74, 6) is -2.14. The van der Waals surface area contributed by atoms with Gasteiger partial charge in [0.1, 0.15) is 0 Å². The summed E-state index contributed by atoms with van der Waals surface area (Å²) >= 11 is 11.7. The molecule has 1 aromatic heterocycles. The Balaban J connectivity index is 1.78. The van der Waals surface area contributed by atoms with Crippen molar-refractivity contribution in [2.75, 3.05) is 0 Å². The number of nitrogens with zero attached hydrogens (tertiary/aromatic N) is 1. The van der Waals surface area contributed by atoms with Crippen LogP contribution in [0.1, 0.15) is 16.1 Å². The van der Waals surface area contributed by atoms with Crippen LogP contribution in [0, 0.1) is 11.6 Å². The van der Waals surface area contributed by atoms with E-state index >= 15 is 0 Å². The van der Waals surface area contributed by atoms with Crippen LogP contribution < -0.4 is 0 Å². The van der Waals surface area contributed by atoms with E-state index in [1.807, 2.05) is 0 Å². The molecule has 25 heavy (non-hydrogen) atoms. The standard InChI is InChI=1S/C18H10Cl2F2N2O/c19-13-4-1-11(7-14(13)20)18(25)6-3-12-9-17(24-23-12)10-2-5-15(21)16(22)8-10/h1-9H,(H,23,24)/b6-3+. The molecule has 0 fully saturated rings. The fraction of sp³-hybridized carbons (Fsp3) is 0. The van der Waals surface area contributed by atoms with Crippen molar-refractivity contribution in [3.05, 3.63) is 81.5 Å². The van der Waals surface area contributed by atoms with Gasteiger partial charge in [-0.2, -0.15) is 5.10 Å². The Kier molecular flexibility index (Phi) is 4.97. The van der Waals surface area contributed by atoms with Gasteiger partial charge in [0.2, 0.25) is 0 Å². The van der Waals surface area contributed by atoms with Crippen molar-refractivity contribution in [1.82, 2.24) is 10.2 Å². The molecule has 0 aliphatic carbocycles. The first-order valence-corrected chi connectivity index (χ1v) is 7.88. The van der Waals surface area contributed by atoms with Crippen molar-refractivity contribution in [3.8, 4) is 11.3 Å². The predicted octanol–water partition coefficient (Wildman–Crippen LogP) is 5.56. The highest BCUT2D eigenvalue weighted by atomic mass is 35.5. The Labute approximate surface area is 151 Å². The molecule has 3 aromatic rings. The van der Waals surface area contributed by atoms with Crippen LogP contribution in [0.3, 0.4) is 0 Å². The van der Waals surface area contributed by atoms with Crippen molar-refractivity contribution < 1.29 is 13.6 Å². The van der Waals surface area contributed by atoms with Gasteiger partial charge < -0.3 is 0 Å². The first-order chi connectivity index (χ1) is 11.9. The monoisotopic (exact) mass is 378 g/mol. The van der Waals surface area contributed by atoms with Crippen LogP contribution in [0.4, 0.5) is 8.78 Å². The Bertz CT molecular complexity index is 983. The van der Waals surface area contributed by atoms with Gasteiger partial charge in [-0.05, 0) is 54.6 Å². The molecule has 0 bridgehead atoms. The Hall–Kier alpha value is -2.50. The van der Waals surface area contributed by atoms with Crippen LogP contribution in [-0.4, -0.2) is 16.0 Å². The highest BCUT2D eigenvalue weighted by Crippen LogP contribution is 2.23. The third kappa shape index (κ3) is 3.95. The van der Waals surface area contributed by atoms with E-state index in [1.165, 1.54) is 24.3 Å². The van der Waals surface area contributed by atoms with Gasteiger partial charge in [-0.15, -0.1) is 0 Å². The average molecular weight is 379 g/mol. The van der Waals surface area contributed by atoms with Crippen LogP contribution in [0.5, 0.6) is 0 Å². The number of allylic oxidation sites excluding steroid dienone is 1. The molecule has 0 saturated carbocycles. The molecule has 1 N–H and O–H groups in total. The lowest BCUT2D eigenvalue weighted by atomic mass is 10.1. The molecule has 7 heteroatoms. The van der Waals surface area contributed by atoms with E-state index < -0.39 is 11.6 Å². The van der Waals surface area contributed by atoms with E-state index in [-0.39, 0.29) is 5.78 Å². The maximum Gasteiger partial charge on any atom is 0.185 e. The second-order valence-corrected chi connectivity index (χ2v) is 5.98. The molecule has 0 atom stereocenters. The topological polar surface area (TPSA) is 45.8 Å². The molecule has 3 rings (SSSR count). The van der Waals surface area contributed by atoms with Gasteiger partial charge in [-0.25, -0.2) is 8.78 Å². The van der Waals surface area contributed by atoms with Gasteiger partial charge in [0, 0.05) is 11.1 Å². The summed E-state index contributed by atoms with van der Waals surface area (Å²) in [6.45, 7) is 0. The van der Waals surface area contributed by atoms with E-state index in [0.29, 0.717) is 32.6 Å². The van der Waals surface area contributed by atoms with Gasteiger partial charge in [0.05, 0.1) is 21.4 Å². The molecular weight excluding hydrogens is 369 g/mol.